The van der Waals surface area contributed by atoms with Crippen LogP contribution in [-0.2, 0) is 19.6 Å². The van der Waals surface area contributed by atoms with Crippen molar-refractivity contribution in [2.45, 2.75) is 33.5 Å². The molecule has 0 aliphatic heterocycles. The summed E-state index contributed by atoms with van der Waals surface area (Å²) in [7, 11) is 0. The van der Waals surface area contributed by atoms with Crippen LogP contribution in [0.4, 0.5) is 0 Å². The predicted molar refractivity (Wildman–Crippen MR) is 99.3 cm³/mol. The molecule has 2 aromatic heterocycles. The van der Waals surface area contributed by atoms with Crippen LogP contribution < -0.4 is 5.32 Å². The fourth-order valence-corrected chi connectivity index (χ4v) is 2.92. The molecule has 2 heterocycles. The summed E-state index contributed by atoms with van der Waals surface area (Å²) >= 11 is 3.38. The summed E-state index contributed by atoms with van der Waals surface area (Å²) in [5.41, 5.74) is 3.65. The van der Waals surface area contributed by atoms with Gasteiger partial charge in [0.05, 0.1) is 22.9 Å². The van der Waals surface area contributed by atoms with Crippen LogP contribution in [0.15, 0.2) is 47.3 Å². The zero-order valence-electron chi connectivity index (χ0n) is 14.2. The molecular weight excluding hydrogens is 382 g/mol. The Morgan fingerprint density at radius 1 is 1.28 bits per heavy atom. The van der Waals surface area contributed by atoms with E-state index in [1.54, 1.807) is 6.20 Å². The van der Waals surface area contributed by atoms with E-state index in [0.717, 1.165) is 27.8 Å². The number of aryl methyl sites for hydroxylation is 2. The molecule has 1 N–H and O–H groups in total. The fourth-order valence-electron chi connectivity index (χ4n) is 2.59. The number of amides is 1. The number of rotatable bonds is 6. The van der Waals surface area contributed by atoms with Gasteiger partial charge in [0.1, 0.15) is 0 Å². The Labute approximate surface area is 155 Å². The summed E-state index contributed by atoms with van der Waals surface area (Å²) in [5, 5.41) is 11.6. The van der Waals surface area contributed by atoms with Gasteiger partial charge >= 0.3 is 0 Å². The van der Waals surface area contributed by atoms with Gasteiger partial charge in [-0.3, -0.25) is 14.2 Å². The number of nitrogens with one attached hydrogen (secondary N) is 1. The van der Waals surface area contributed by atoms with Crippen molar-refractivity contribution in [3.8, 4) is 0 Å². The molecule has 0 saturated heterocycles. The van der Waals surface area contributed by atoms with Crippen LogP contribution in [-0.4, -0.2) is 25.5 Å². The fraction of sp³-hybridized carbons (Fsp3) is 0.278. The predicted octanol–water partition coefficient (Wildman–Crippen LogP) is 3.15. The van der Waals surface area contributed by atoms with E-state index in [9.17, 15) is 4.79 Å². The number of benzene rings is 1. The van der Waals surface area contributed by atoms with Crippen molar-refractivity contribution < 1.29 is 4.79 Å². The maximum absolute atomic E-state index is 12.4. The van der Waals surface area contributed by atoms with Crippen molar-refractivity contribution >= 4 is 21.8 Å². The van der Waals surface area contributed by atoms with E-state index in [2.05, 4.69) is 31.4 Å². The van der Waals surface area contributed by atoms with Crippen LogP contribution >= 0.6 is 15.9 Å². The van der Waals surface area contributed by atoms with Gasteiger partial charge in [-0.2, -0.15) is 10.2 Å². The zero-order valence-corrected chi connectivity index (χ0v) is 15.8. The lowest BCUT2D eigenvalue weighted by Gasteiger charge is -2.07. The second kappa shape index (κ2) is 7.65. The molecule has 3 rings (SSSR count). The lowest BCUT2D eigenvalue weighted by Crippen LogP contribution is -2.23. The van der Waals surface area contributed by atoms with Crippen LogP contribution in [0, 0.1) is 6.92 Å². The first-order chi connectivity index (χ1) is 12.0. The molecule has 0 radical (unpaired) electrons. The molecule has 0 aliphatic rings. The van der Waals surface area contributed by atoms with Crippen molar-refractivity contribution in [2.75, 3.05) is 0 Å². The van der Waals surface area contributed by atoms with E-state index in [1.165, 1.54) is 0 Å². The molecule has 0 saturated carbocycles. The Hall–Kier alpha value is -2.41. The number of nitrogens with zero attached hydrogens (tertiary/aromatic N) is 4. The average molecular weight is 402 g/mol. The van der Waals surface area contributed by atoms with Crippen LogP contribution in [0.25, 0.3) is 0 Å². The zero-order chi connectivity index (χ0) is 17.8. The van der Waals surface area contributed by atoms with E-state index >= 15 is 0 Å². The first-order valence-corrected chi connectivity index (χ1v) is 8.92. The SMILES string of the molecule is CCn1cc(CNC(=O)c2cccc(Cn3cc(Br)cn3)c2)c(C)n1. The van der Waals surface area contributed by atoms with Gasteiger partial charge in [-0.1, -0.05) is 12.1 Å². The molecule has 0 atom stereocenters. The maximum atomic E-state index is 12.4. The highest BCUT2D eigenvalue weighted by Gasteiger charge is 2.09. The van der Waals surface area contributed by atoms with Gasteiger partial charge in [0.25, 0.3) is 5.91 Å². The summed E-state index contributed by atoms with van der Waals surface area (Å²) in [5.74, 6) is -0.0906. The molecule has 0 fully saturated rings. The molecule has 3 aromatic rings. The quantitative estimate of drug-likeness (QED) is 0.689. The number of hydrogen-bond acceptors (Lipinski definition) is 3. The summed E-state index contributed by atoms with van der Waals surface area (Å²) < 4.78 is 4.63. The Kier molecular flexibility index (Phi) is 5.33. The number of hydrogen-bond donors (Lipinski definition) is 1. The van der Waals surface area contributed by atoms with Gasteiger partial charge in [0.15, 0.2) is 0 Å². The second-order valence-corrected chi connectivity index (χ2v) is 6.75. The summed E-state index contributed by atoms with van der Waals surface area (Å²) in [6, 6.07) is 7.60. The van der Waals surface area contributed by atoms with Crippen LogP contribution in [0.5, 0.6) is 0 Å². The molecule has 0 bridgehead atoms. The third-order valence-electron chi connectivity index (χ3n) is 3.95. The average Bonchev–Trinajstić information content (AvgIpc) is 3.18. The maximum Gasteiger partial charge on any atom is 0.251 e. The lowest BCUT2D eigenvalue weighted by atomic mass is 10.1. The minimum atomic E-state index is -0.0906. The lowest BCUT2D eigenvalue weighted by molar-refractivity contribution is 0.0950. The number of carbonyl (C=O) groups excluding carboxylic acids is 1. The minimum Gasteiger partial charge on any atom is -0.348 e. The number of carbonyl (C=O) groups is 1. The molecule has 0 aliphatic carbocycles. The van der Waals surface area contributed by atoms with E-state index < -0.39 is 0 Å². The number of halogens is 1. The van der Waals surface area contributed by atoms with Gasteiger partial charge in [-0.05, 0) is 47.5 Å². The smallest absolute Gasteiger partial charge is 0.251 e. The van der Waals surface area contributed by atoms with Gasteiger partial charge in [0.2, 0.25) is 0 Å². The first kappa shape index (κ1) is 17.4. The minimum absolute atomic E-state index is 0.0906. The van der Waals surface area contributed by atoms with Crippen molar-refractivity contribution in [2.24, 2.45) is 0 Å². The van der Waals surface area contributed by atoms with Crippen molar-refractivity contribution in [1.82, 2.24) is 24.9 Å². The van der Waals surface area contributed by atoms with Gasteiger partial charge in [0, 0.05) is 36.6 Å². The molecule has 0 unspecified atom stereocenters. The second-order valence-electron chi connectivity index (χ2n) is 5.83. The molecular formula is C18H20BrN5O. The summed E-state index contributed by atoms with van der Waals surface area (Å²) in [4.78, 5) is 12.4. The third-order valence-corrected chi connectivity index (χ3v) is 4.36. The van der Waals surface area contributed by atoms with E-state index in [-0.39, 0.29) is 5.91 Å². The first-order valence-electron chi connectivity index (χ1n) is 8.13. The van der Waals surface area contributed by atoms with Gasteiger partial charge in [-0.15, -0.1) is 0 Å². The van der Waals surface area contributed by atoms with Crippen molar-refractivity contribution in [1.29, 1.82) is 0 Å². The summed E-state index contributed by atoms with van der Waals surface area (Å²) in [6.45, 7) is 5.91. The molecule has 1 aromatic carbocycles. The third kappa shape index (κ3) is 4.36. The highest BCUT2D eigenvalue weighted by molar-refractivity contribution is 9.10. The molecule has 0 spiro atoms. The van der Waals surface area contributed by atoms with Crippen molar-refractivity contribution in [3.63, 3.8) is 0 Å². The molecule has 7 heteroatoms. The van der Waals surface area contributed by atoms with E-state index in [4.69, 9.17) is 0 Å². The molecule has 1 amide bonds. The normalized spacial score (nSPS) is 10.8. The van der Waals surface area contributed by atoms with Gasteiger partial charge < -0.3 is 5.32 Å². The Bertz CT molecular complexity index is 883. The Morgan fingerprint density at radius 3 is 2.80 bits per heavy atom. The standard InChI is InChI=1S/C18H20BrN5O/c1-3-23-11-16(13(2)22-23)8-20-18(25)15-6-4-5-14(7-15)10-24-12-17(19)9-21-24/h4-7,9,11-12H,3,8,10H2,1-2H3,(H,20,25). The monoisotopic (exact) mass is 401 g/mol. The Morgan fingerprint density at radius 2 is 2.12 bits per heavy atom. The van der Waals surface area contributed by atoms with Crippen LogP contribution in [0.3, 0.4) is 0 Å². The highest BCUT2D eigenvalue weighted by atomic mass is 79.9. The molecule has 130 valence electrons. The largest absolute Gasteiger partial charge is 0.348 e. The topological polar surface area (TPSA) is 64.7 Å². The highest BCUT2D eigenvalue weighted by Crippen LogP contribution is 2.11. The summed E-state index contributed by atoms with van der Waals surface area (Å²) in [6.07, 6.45) is 5.62. The molecule has 6 nitrogen and oxygen atoms in total. The van der Waals surface area contributed by atoms with E-state index in [1.807, 2.05) is 59.9 Å². The van der Waals surface area contributed by atoms with Crippen LogP contribution in [0.2, 0.25) is 0 Å². The number of aromatic nitrogens is 4. The van der Waals surface area contributed by atoms with Crippen molar-refractivity contribution in [3.05, 3.63) is 69.7 Å². The Balaban J connectivity index is 1.65. The van der Waals surface area contributed by atoms with Gasteiger partial charge in [-0.25, -0.2) is 0 Å². The van der Waals surface area contributed by atoms with E-state index in [0.29, 0.717) is 18.7 Å². The van der Waals surface area contributed by atoms with Crippen LogP contribution in [0.1, 0.15) is 34.1 Å². The molecule has 25 heavy (non-hydrogen) atoms.